The van der Waals surface area contributed by atoms with Crippen LogP contribution in [-0.4, -0.2) is 73.6 Å². The van der Waals surface area contributed by atoms with Gasteiger partial charge in [-0.1, -0.05) is 11.6 Å². The van der Waals surface area contributed by atoms with Crippen molar-refractivity contribution in [2.24, 2.45) is 17.6 Å². The number of phenolic OH excluding ortho intramolecular Hbond substituents is 1. The second-order valence-corrected chi connectivity index (χ2v) is 9.48. The number of carbonyl (C=O) groups excluding carboxylic acids is 3. The number of nitrogens with zero attached hydrogens (tertiary/aromatic N) is 1. The van der Waals surface area contributed by atoms with Gasteiger partial charge in [0.2, 0.25) is 5.78 Å². The molecule has 7 N–H and O–H groups in total. The fourth-order valence-electron chi connectivity index (χ4n) is 5.58. The number of rotatable bonds is 2. The Hall–Kier alpha value is -2.92. The van der Waals surface area contributed by atoms with E-state index in [1.54, 1.807) is 0 Å². The minimum Gasteiger partial charge on any atom is -0.508 e. The zero-order valence-corrected chi connectivity index (χ0v) is 18.7. The van der Waals surface area contributed by atoms with Gasteiger partial charge in [-0.05, 0) is 39.6 Å². The molecule has 1 aromatic rings. The average molecular weight is 479 g/mol. The van der Waals surface area contributed by atoms with Crippen molar-refractivity contribution in [3.05, 3.63) is 45.2 Å². The lowest BCUT2D eigenvalue weighted by molar-refractivity contribution is -0.159. The van der Waals surface area contributed by atoms with Crippen molar-refractivity contribution in [2.75, 3.05) is 14.1 Å². The Labute approximate surface area is 193 Å². The first-order valence-corrected chi connectivity index (χ1v) is 10.5. The van der Waals surface area contributed by atoms with Crippen LogP contribution in [0.15, 0.2) is 29.0 Å². The molecule has 5 atom stereocenters. The van der Waals surface area contributed by atoms with Gasteiger partial charge < -0.3 is 31.3 Å². The smallest absolute Gasteiger partial charge is 0.255 e. The van der Waals surface area contributed by atoms with Crippen LogP contribution in [-0.2, 0) is 20.0 Å². The zero-order valence-electron chi connectivity index (χ0n) is 18.0. The third kappa shape index (κ3) is 2.75. The Bertz CT molecular complexity index is 1200. The lowest BCUT2D eigenvalue weighted by Gasteiger charge is -2.53. The summed E-state index contributed by atoms with van der Waals surface area (Å²) >= 11 is 6.28. The van der Waals surface area contributed by atoms with Crippen LogP contribution in [0.5, 0.6) is 5.75 Å². The van der Waals surface area contributed by atoms with Crippen LogP contribution in [0, 0.1) is 11.8 Å². The number of nitrogens with two attached hydrogens (primary N) is 1. The molecule has 3 aliphatic rings. The molecule has 10 nitrogen and oxygen atoms in total. The quantitative estimate of drug-likeness (QED) is 0.325. The Balaban J connectivity index is 2.07. The Morgan fingerprint density at radius 1 is 1.18 bits per heavy atom. The SMILES string of the molecule is CN(C)C1C(=O)C(C(N)=O)=C(O)C2(O)C(=O)C3=C(O)c4c(O)ccc(Cl)c4[C@](C)(O)[C@@H]3C[C@H]12. The number of likely N-dealkylation sites (N-methyl/N-ethyl adjacent to an activating group) is 1. The highest BCUT2D eigenvalue weighted by Gasteiger charge is 2.66. The van der Waals surface area contributed by atoms with Crippen molar-refractivity contribution in [3.8, 4) is 5.75 Å². The van der Waals surface area contributed by atoms with Gasteiger partial charge >= 0.3 is 0 Å². The van der Waals surface area contributed by atoms with Gasteiger partial charge in [-0.3, -0.25) is 19.3 Å². The molecular weight excluding hydrogens is 456 g/mol. The van der Waals surface area contributed by atoms with Crippen LogP contribution in [0.2, 0.25) is 5.02 Å². The number of fused-ring (bicyclic) bond motifs is 3. The first-order valence-electron chi connectivity index (χ1n) is 10.1. The van der Waals surface area contributed by atoms with Crippen LogP contribution in [0.3, 0.4) is 0 Å². The second-order valence-electron chi connectivity index (χ2n) is 9.08. The Morgan fingerprint density at radius 2 is 1.79 bits per heavy atom. The Kier molecular flexibility index (Phi) is 4.96. The fourth-order valence-corrected chi connectivity index (χ4v) is 5.93. The maximum absolute atomic E-state index is 13.7. The topological polar surface area (TPSA) is 182 Å². The lowest BCUT2D eigenvalue weighted by Crippen LogP contribution is -2.67. The molecule has 176 valence electrons. The van der Waals surface area contributed by atoms with Gasteiger partial charge in [-0.15, -0.1) is 0 Å². The van der Waals surface area contributed by atoms with E-state index in [2.05, 4.69) is 0 Å². The number of ketones is 2. The van der Waals surface area contributed by atoms with Gasteiger partial charge in [0, 0.05) is 28.0 Å². The number of carbonyl (C=O) groups is 3. The first-order chi connectivity index (χ1) is 15.2. The molecule has 3 aliphatic carbocycles. The van der Waals surface area contributed by atoms with E-state index in [1.165, 1.54) is 38.1 Å². The van der Waals surface area contributed by atoms with Gasteiger partial charge in [-0.2, -0.15) is 0 Å². The van der Waals surface area contributed by atoms with Crippen molar-refractivity contribution in [1.29, 1.82) is 0 Å². The maximum atomic E-state index is 13.7. The number of aliphatic hydroxyl groups excluding tert-OH is 2. The number of phenols is 1. The van der Waals surface area contributed by atoms with Crippen molar-refractivity contribution in [2.45, 2.75) is 30.6 Å². The van der Waals surface area contributed by atoms with Crippen LogP contribution in [0.1, 0.15) is 24.5 Å². The lowest BCUT2D eigenvalue weighted by atomic mass is 9.54. The molecule has 0 bridgehead atoms. The number of hydrogen-bond acceptors (Lipinski definition) is 9. The molecule has 1 fully saturated rings. The van der Waals surface area contributed by atoms with E-state index >= 15 is 0 Å². The summed E-state index contributed by atoms with van der Waals surface area (Å²) in [6.45, 7) is 1.34. The van der Waals surface area contributed by atoms with Gasteiger partial charge in [0.25, 0.3) is 5.91 Å². The minimum absolute atomic E-state index is 0.0187. The highest BCUT2D eigenvalue weighted by molar-refractivity contribution is 6.32. The van der Waals surface area contributed by atoms with Gasteiger partial charge in [0.15, 0.2) is 11.4 Å². The predicted molar refractivity (Wildman–Crippen MR) is 115 cm³/mol. The summed E-state index contributed by atoms with van der Waals surface area (Å²) in [6.07, 6.45) is -0.259. The molecule has 0 saturated heterocycles. The average Bonchev–Trinajstić information content (AvgIpc) is 2.69. The van der Waals surface area contributed by atoms with E-state index in [0.717, 1.165) is 0 Å². The van der Waals surface area contributed by atoms with E-state index in [1.807, 2.05) is 0 Å². The summed E-state index contributed by atoms with van der Waals surface area (Å²) in [7, 11) is 2.97. The first kappa shape index (κ1) is 23.2. The maximum Gasteiger partial charge on any atom is 0.255 e. The zero-order chi connectivity index (χ0) is 24.8. The molecule has 1 aromatic carbocycles. The molecule has 1 amide bonds. The standard InChI is InChI=1S/C22H23ClN2O8/c1-21(32)7-6-8-15(25(2)3)17(28)13(20(24)31)19(30)22(8,33)18(29)11(7)16(27)12-10(26)5-4-9(23)14(12)21/h4-5,7-8,15,26-27,30,32-33H,6H2,1-3H3,(H2,24,31)/t7-,8-,15?,21-,22?/m1/s1. The predicted octanol–water partition coefficient (Wildman–Crippen LogP) is 0.282. The van der Waals surface area contributed by atoms with E-state index in [-0.39, 0.29) is 22.6 Å². The number of primary amides is 1. The molecule has 0 aromatic heterocycles. The third-order valence-electron chi connectivity index (χ3n) is 7.07. The van der Waals surface area contributed by atoms with Crippen molar-refractivity contribution in [3.63, 3.8) is 0 Å². The number of aromatic hydroxyl groups is 1. The molecule has 11 heteroatoms. The summed E-state index contributed by atoms with van der Waals surface area (Å²) in [5.74, 6) is -8.30. The van der Waals surface area contributed by atoms with E-state index in [4.69, 9.17) is 17.3 Å². The largest absolute Gasteiger partial charge is 0.508 e. The number of amides is 1. The van der Waals surface area contributed by atoms with Gasteiger partial charge in [0.05, 0.1) is 17.2 Å². The van der Waals surface area contributed by atoms with Crippen LogP contribution in [0.4, 0.5) is 0 Å². The molecule has 0 radical (unpaired) electrons. The second kappa shape index (κ2) is 7.04. The molecule has 1 saturated carbocycles. The Morgan fingerprint density at radius 3 is 2.33 bits per heavy atom. The fraction of sp³-hybridized carbons (Fsp3) is 0.409. The van der Waals surface area contributed by atoms with E-state index in [9.17, 15) is 39.9 Å². The van der Waals surface area contributed by atoms with E-state index in [0.29, 0.717) is 0 Å². The van der Waals surface area contributed by atoms with Crippen LogP contribution in [0.25, 0.3) is 5.76 Å². The normalized spacial score (nSPS) is 33.7. The summed E-state index contributed by atoms with van der Waals surface area (Å²) in [4.78, 5) is 40.1. The molecule has 4 rings (SSSR count). The number of hydrogen-bond donors (Lipinski definition) is 6. The summed E-state index contributed by atoms with van der Waals surface area (Å²) in [6, 6.07) is 1.24. The van der Waals surface area contributed by atoms with E-state index < -0.39 is 75.0 Å². The minimum atomic E-state index is -2.78. The van der Waals surface area contributed by atoms with Crippen LogP contribution >= 0.6 is 11.6 Å². The summed E-state index contributed by atoms with van der Waals surface area (Å²) in [5.41, 5.74) is -1.10. The van der Waals surface area contributed by atoms with Crippen molar-refractivity contribution >= 4 is 34.8 Å². The molecular formula is C22H23ClN2O8. The third-order valence-corrected chi connectivity index (χ3v) is 7.39. The molecule has 33 heavy (non-hydrogen) atoms. The number of halogens is 1. The van der Waals surface area contributed by atoms with Crippen molar-refractivity contribution < 1.29 is 39.9 Å². The number of aliphatic hydroxyl groups is 4. The molecule has 2 unspecified atom stereocenters. The van der Waals surface area contributed by atoms with Gasteiger partial charge in [-0.25, -0.2) is 0 Å². The summed E-state index contributed by atoms with van der Waals surface area (Å²) in [5, 5.41) is 55.2. The number of benzene rings is 1. The van der Waals surface area contributed by atoms with Crippen LogP contribution < -0.4 is 5.73 Å². The monoisotopic (exact) mass is 478 g/mol. The molecule has 0 heterocycles. The molecule has 0 spiro atoms. The van der Waals surface area contributed by atoms with Crippen molar-refractivity contribution in [1.82, 2.24) is 4.90 Å². The number of Topliss-reactive ketones (excluding diaryl/α,β-unsaturated/α-hetero) is 2. The van der Waals surface area contributed by atoms with Gasteiger partial charge in [0.1, 0.15) is 22.8 Å². The highest BCUT2D eigenvalue weighted by Crippen LogP contribution is 2.58. The summed E-state index contributed by atoms with van der Waals surface area (Å²) < 4.78 is 0. The highest BCUT2D eigenvalue weighted by atomic mass is 35.5. The molecule has 0 aliphatic heterocycles.